The average molecular weight is 211 g/mol. The Bertz CT molecular complexity index is 273. The van der Waals surface area contributed by atoms with Gasteiger partial charge in [0.1, 0.15) is 0 Å². The summed E-state index contributed by atoms with van der Waals surface area (Å²) in [5.41, 5.74) is 0. The zero-order chi connectivity index (χ0) is 9.97. The van der Waals surface area contributed by atoms with Crippen molar-refractivity contribution in [1.82, 2.24) is 4.98 Å². The van der Waals surface area contributed by atoms with E-state index in [1.807, 2.05) is 11.6 Å². The average Bonchev–Trinajstić information content (AvgIpc) is 2.75. The van der Waals surface area contributed by atoms with E-state index in [1.54, 1.807) is 11.3 Å². The molecule has 1 aromatic rings. The number of hydrogen-bond donors (Lipinski definition) is 1. The minimum Gasteiger partial charge on any atom is -0.392 e. The van der Waals surface area contributed by atoms with Crippen molar-refractivity contribution in [3.63, 3.8) is 0 Å². The highest BCUT2D eigenvalue weighted by Crippen LogP contribution is 2.34. The van der Waals surface area contributed by atoms with Gasteiger partial charge in [0.25, 0.3) is 0 Å². The van der Waals surface area contributed by atoms with Crippen molar-refractivity contribution in [1.29, 1.82) is 0 Å². The van der Waals surface area contributed by atoms with E-state index in [4.69, 9.17) is 0 Å². The molecule has 78 valence electrons. The maximum Gasteiger partial charge on any atom is 0.0950 e. The van der Waals surface area contributed by atoms with Crippen LogP contribution in [0.5, 0.6) is 0 Å². The highest BCUT2D eigenvalue weighted by molar-refractivity contribution is 7.09. The first kappa shape index (κ1) is 10.1. The summed E-state index contributed by atoms with van der Waals surface area (Å²) in [5, 5.41) is 13.1. The summed E-state index contributed by atoms with van der Waals surface area (Å²) in [6, 6.07) is 0. The van der Waals surface area contributed by atoms with Crippen LogP contribution in [0, 0.1) is 11.8 Å². The molecule has 1 aliphatic carbocycles. The van der Waals surface area contributed by atoms with Crippen LogP contribution < -0.4 is 0 Å². The highest BCUT2D eigenvalue weighted by atomic mass is 32.1. The lowest BCUT2D eigenvalue weighted by molar-refractivity contribution is 0.0901. The van der Waals surface area contributed by atoms with Gasteiger partial charge in [0, 0.05) is 18.0 Å². The molecule has 3 heteroatoms. The Balaban J connectivity index is 1.92. The third kappa shape index (κ3) is 2.15. The smallest absolute Gasteiger partial charge is 0.0950 e. The van der Waals surface area contributed by atoms with Crippen LogP contribution in [0.15, 0.2) is 11.6 Å². The van der Waals surface area contributed by atoms with Gasteiger partial charge in [0.2, 0.25) is 0 Å². The Kier molecular flexibility index (Phi) is 3.19. The van der Waals surface area contributed by atoms with Crippen LogP contribution in [-0.2, 0) is 6.42 Å². The molecule has 0 saturated heterocycles. The molecule has 0 aliphatic heterocycles. The monoisotopic (exact) mass is 211 g/mol. The summed E-state index contributed by atoms with van der Waals surface area (Å²) in [6.45, 7) is 2.25. The molecule has 3 atom stereocenters. The Morgan fingerprint density at radius 3 is 3.07 bits per heavy atom. The second-order valence-corrected chi connectivity index (χ2v) is 5.25. The van der Waals surface area contributed by atoms with Crippen LogP contribution in [0.4, 0.5) is 0 Å². The SMILES string of the molecule is CC1CCCC1C(O)Cc1nccs1. The standard InChI is InChI=1S/C11H17NOS/c1-8-3-2-4-9(8)10(13)7-11-12-5-6-14-11/h5-6,8-10,13H,2-4,7H2,1H3. The molecule has 1 heterocycles. The van der Waals surface area contributed by atoms with Gasteiger partial charge < -0.3 is 5.11 Å². The van der Waals surface area contributed by atoms with Gasteiger partial charge in [-0.1, -0.05) is 19.8 Å². The Hall–Kier alpha value is -0.410. The first-order valence-electron chi connectivity index (χ1n) is 5.34. The number of thiazole rings is 1. The number of nitrogens with zero attached hydrogens (tertiary/aromatic N) is 1. The highest BCUT2D eigenvalue weighted by Gasteiger charge is 2.29. The van der Waals surface area contributed by atoms with Gasteiger partial charge in [0.05, 0.1) is 11.1 Å². The van der Waals surface area contributed by atoms with E-state index in [0.717, 1.165) is 11.4 Å². The molecule has 0 radical (unpaired) electrons. The summed E-state index contributed by atoms with van der Waals surface area (Å²) in [6.07, 6.45) is 6.12. The summed E-state index contributed by atoms with van der Waals surface area (Å²) in [4.78, 5) is 4.21. The molecule has 1 aromatic heterocycles. The largest absolute Gasteiger partial charge is 0.392 e. The molecule has 0 aromatic carbocycles. The first-order valence-corrected chi connectivity index (χ1v) is 6.22. The summed E-state index contributed by atoms with van der Waals surface area (Å²) in [5.74, 6) is 1.18. The predicted octanol–water partition coefficient (Wildman–Crippen LogP) is 2.48. The van der Waals surface area contributed by atoms with Crippen molar-refractivity contribution in [2.45, 2.75) is 38.7 Å². The number of hydrogen-bond acceptors (Lipinski definition) is 3. The van der Waals surface area contributed by atoms with Gasteiger partial charge in [-0.25, -0.2) is 4.98 Å². The summed E-state index contributed by atoms with van der Waals surface area (Å²) < 4.78 is 0. The lowest BCUT2D eigenvalue weighted by atomic mass is 9.91. The minimum atomic E-state index is -0.182. The van der Waals surface area contributed by atoms with Gasteiger partial charge in [-0.2, -0.15) is 0 Å². The molecule has 1 fully saturated rings. The lowest BCUT2D eigenvalue weighted by Gasteiger charge is -2.21. The van der Waals surface area contributed by atoms with Crippen LogP contribution in [-0.4, -0.2) is 16.2 Å². The molecule has 1 N–H and O–H groups in total. The van der Waals surface area contributed by atoms with Crippen LogP contribution in [0.1, 0.15) is 31.2 Å². The molecule has 2 rings (SSSR count). The topological polar surface area (TPSA) is 33.1 Å². The third-order valence-electron chi connectivity index (χ3n) is 3.29. The molecular weight excluding hydrogens is 194 g/mol. The number of aliphatic hydroxyl groups excluding tert-OH is 1. The van der Waals surface area contributed by atoms with Gasteiger partial charge in [-0.05, 0) is 18.3 Å². The maximum absolute atomic E-state index is 10.1. The van der Waals surface area contributed by atoms with E-state index >= 15 is 0 Å². The Labute approximate surface area is 89.0 Å². The van der Waals surface area contributed by atoms with Crippen LogP contribution >= 0.6 is 11.3 Å². The van der Waals surface area contributed by atoms with E-state index in [9.17, 15) is 5.11 Å². The maximum atomic E-state index is 10.1. The van der Waals surface area contributed by atoms with E-state index in [2.05, 4.69) is 11.9 Å². The van der Waals surface area contributed by atoms with Crippen LogP contribution in [0.3, 0.4) is 0 Å². The van der Waals surface area contributed by atoms with Gasteiger partial charge in [-0.3, -0.25) is 0 Å². The van der Waals surface area contributed by atoms with Crippen molar-refractivity contribution >= 4 is 11.3 Å². The second-order valence-electron chi connectivity index (χ2n) is 4.27. The van der Waals surface area contributed by atoms with Crippen molar-refractivity contribution < 1.29 is 5.11 Å². The summed E-state index contributed by atoms with van der Waals surface area (Å²) >= 11 is 1.64. The molecule has 1 saturated carbocycles. The molecule has 14 heavy (non-hydrogen) atoms. The van der Waals surface area contributed by atoms with E-state index in [0.29, 0.717) is 11.8 Å². The molecule has 1 aliphatic rings. The number of aliphatic hydroxyl groups is 1. The zero-order valence-electron chi connectivity index (χ0n) is 8.52. The van der Waals surface area contributed by atoms with Crippen LogP contribution in [0.25, 0.3) is 0 Å². The van der Waals surface area contributed by atoms with Crippen molar-refractivity contribution in [3.8, 4) is 0 Å². The number of rotatable bonds is 3. The van der Waals surface area contributed by atoms with Gasteiger partial charge in [-0.15, -0.1) is 11.3 Å². The van der Waals surface area contributed by atoms with Gasteiger partial charge in [0.15, 0.2) is 0 Å². The molecule has 0 amide bonds. The van der Waals surface area contributed by atoms with Crippen molar-refractivity contribution in [3.05, 3.63) is 16.6 Å². The van der Waals surface area contributed by atoms with Crippen molar-refractivity contribution in [2.75, 3.05) is 0 Å². The van der Waals surface area contributed by atoms with Crippen molar-refractivity contribution in [2.24, 2.45) is 11.8 Å². The molecule has 0 bridgehead atoms. The molecule has 0 spiro atoms. The Morgan fingerprint density at radius 2 is 2.50 bits per heavy atom. The lowest BCUT2D eigenvalue weighted by Crippen LogP contribution is -2.24. The zero-order valence-corrected chi connectivity index (χ0v) is 9.33. The van der Waals surface area contributed by atoms with E-state index in [-0.39, 0.29) is 6.10 Å². The van der Waals surface area contributed by atoms with Crippen LogP contribution in [0.2, 0.25) is 0 Å². The fourth-order valence-electron chi connectivity index (χ4n) is 2.43. The summed E-state index contributed by atoms with van der Waals surface area (Å²) in [7, 11) is 0. The fraction of sp³-hybridized carbons (Fsp3) is 0.727. The second kappa shape index (κ2) is 4.41. The Morgan fingerprint density at radius 1 is 1.64 bits per heavy atom. The third-order valence-corrected chi connectivity index (χ3v) is 4.09. The minimum absolute atomic E-state index is 0.182. The number of aromatic nitrogens is 1. The van der Waals surface area contributed by atoms with Gasteiger partial charge >= 0.3 is 0 Å². The fourth-order valence-corrected chi connectivity index (χ4v) is 3.10. The first-order chi connectivity index (χ1) is 6.77. The molecular formula is C11H17NOS. The normalized spacial score (nSPS) is 29.3. The predicted molar refractivity (Wildman–Crippen MR) is 58.3 cm³/mol. The quantitative estimate of drug-likeness (QED) is 0.833. The van der Waals surface area contributed by atoms with E-state index < -0.39 is 0 Å². The van der Waals surface area contributed by atoms with E-state index in [1.165, 1.54) is 19.3 Å². The molecule has 2 nitrogen and oxygen atoms in total. The molecule has 3 unspecified atom stereocenters.